The van der Waals surface area contributed by atoms with E-state index in [0.717, 1.165) is 13.8 Å². The number of rotatable bonds is 10. The van der Waals surface area contributed by atoms with Gasteiger partial charge in [0.15, 0.2) is 12.2 Å². The zero-order chi connectivity index (χ0) is 18.3. The van der Waals surface area contributed by atoms with Gasteiger partial charge in [-0.05, 0) is 27.7 Å². The molecule has 0 bridgehead atoms. The molecule has 0 rings (SSSR count). The molecule has 0 aromatic heterocycles. The van der Waals surface area contributed by atoms with Crippen molar-refractivity contribution in [1.29, 1.82) is 0 Å². The third-order valence-corrected chi connectivity index (χ3v) is 5.58. The first-order valence-corrected chi connectivity index (χ1v) is 9.74. The van der Waals surface area contributed by atoms with E-state index in [0.29, 0.717) is 0 Å². The number of hydrogen-bond acceptors (Lipinski definition) is 10. The minimum absolute atomic E-state index is 0.00501. The molecule has 0 heterocycles. The summed E-state index contributed by atoms with van der Waals surface area (Å²) >= 11 is 0. The first-order chi connectivity index (χ1) is 10.4. The fraction of sp³-hybridized carbons (Fsp3) is 0.818. The monoisotopic (exact) mass is 376 g/mol. The molecule has 136 valence electrons. The van der Waals surface area contributed by atoms with E-state index in [9.17, 15) is 26.4 Å². The number of ether oxygens (including phenoxy) is 2. The van der Waals surface area contributed by atoms with Crippen LogP contribution >= 0.6 is 0 Å². The van der Waals surface area contributed by atoms with Gasteiger partial charge in [0.2, 0.25) is 5.08 Å². The third-order valence-electron chi connectivity index (χ3n) is 2.11. The van der Waals surface area contributed by atoms with Crippen LogP contribution in [0.2, 0.25) is 0 Å². The van der Waals surface area contributed by atoms with Crippen LogP contribution in [0, 0.1) is 0 Å². The second-order valence-corrected chi connectivity index (χ2v) is 7.77. The molecule has 0 saturated carbocycles. The molecule has 2 atom stereocenters. The Morgan fingerprint density at radius 3 is 1.35 bits per heavy atom. The predicted molar refractivity (Wildman–Crippen MR) is 77.1 cm³/mol. The molecule has 0 N–H and O–H groups in total. The summed E-state index contributed by atoms with van der Waals surface area (Å²) in [6.45, 7) is 5.20. The van der Waals surface area contributed by atoms with Crippen molar-refractivity contribution in [2.75, 3.05) is 18.3 Å². The molecule has 10 nitrogen and oxygen atoms in total. The van der Waals surface area contributed by atoms with Gasteiger partial charge in [0.25, 0.3) is 20.2 Å². The first-order valence-electron chi connectivity index (χ1n) is 6.59. The lowest BCUT2D eigenvalue weighted by Gasteiger charge is -2.14. The summed E-state index contributed by atoms with van der Waals surface area (Å²) in [6.07, 6.45) is -3.03. The maximum Gasteiger partial charge on any atom is 0.336 e. The maximum absolute atomic E-state index is 11.6. The van der Waals surface area contributed by atoms with Gasteiger partial charge >= 0.3 is 11.9 Å². The SMILES string of the molecule is CCOC(=O)C(C)OS(=O)(=O)CS(=O)(=O)OC(C)C(=O)OCC. The van der Waals surface area contributed by atoms with Gasteiger partial charge in [-0.3, -0.25) is 8.37 Å². The summed E-state index contributed by atoms with van der Waals surface area (Å²) in [5.74, 6) is -1.93. The highest BCUT2D eigenvalue weighted by Gasteiger charge is 2.32. The molecule has 0 saturated heterocycles. The molecule has 12 heteroatoms. The summed E-state index contributed by atoms with van der Waals surface area (Å²) in [4.78, 5) is 22.5. The van der Waals surface area contributed by atoms with Gasteiger partial charge in [-0.1, -0.05) is 0 Å². The number of esters is 2. The van der Waals surface area contributed by atoms with Crippen LogP contribution in [0.15, 0.2) is 0 Å². The highest BCUT2D eigenvalue weighted by atomic mass is 32.3. The van der Waals surface area contributed by atoms with Gasteiger partial charge in [-0.2, -0.15) is 16.8 Å². The fourth-order valence-electron chi connectivity index (χ4n) is 1.27. The van der Waals surface area contributed by atoms with Gasteiger partial charge in [-0.25, -0.2) is 9.59 Å². The largest absolute Gasteiger partial charge is 0.464 e. The van der Waals surface area contributed by atoms with Crippen LogP contribution in [0.1, 0.15) is 27.7 Å². The van der Waals surface area contributed by atoms with Crippen LogP contribution in [0.3, 0.4) is 0 Å². The topological polar surface area (TPSA) is 139 Å². The van der Waals surface area contributed by atoms with E-state index in [1.54, 1.807) is 0 Å². The van der Waals surface area contributed by atoms with Crippen LogP contribution in [0.4, 0.5) is 0 Å². The van der Waals surface area contributed by atoms with E-state index < -0.39 is 49.5 Å². The molecule has 0 aliphatic rings. The van der Waals surface area contributed by atoms with Crippen molar-refractivity contribution < 1.29 is 44.3 Å². The van der Waals surface area contributed by atoms with Crippen molar-refractivity contribution in [1.82, 2.24) is 0 Å². The Morgan fingerprint density at radius 1 is 0.783 bits per heavy atom. The average Bonchev–Trinajstić information content (AvgIpc) is 2.36. The van der Waals surface area contributed by atoms with Crippen LogP contribution in [-0.4, -0.2) is 59.3 Å². The van der Waals surface area contributed by atoms with Gasteiger partial charge in [-0.15, -0.1) is 0 Å². The van der Waals surface area contributed by atoms with Crippen molar-refractivity contribution >= 4 is 32.2 Å². The Kier molecular flexibility index (Phi) is 8.66. The minimum Gasteiger partial charge on any atom is -0.464 e. The third kappa shape index (κ3) is 8.83. The smallest absolute Gasteiger partial charge is 0.336 e. The fourth-order valence-corrected chi connectivity index (χ4v) is 4.17. The normalized spacial score (nSPS) is 14.8. The van der Waals surface area contributed by atoms with Crippen LogP contribution in [-0.2, 0) is 47.7 Å². The average molecular weight is 376 g/mol. The lowest BCUT2D eigenvalue weighted by Crippen LogP contribution is -2.32. The van der Waals surface area contributed by atoms with Crippen molar-refractivity contribution in [3.8, 4) is 0 Å². The van der Waals surface area contributed by atoms with Gasteiger partial charge in [0, 0.05) is 0 Å². The predicted octanol–water partition coefficient (Wildman–Crippen LogP) is -0.460. The lowest BCUT2D eigenvalue weighted by atomic mass is 10.4. The molecule has 0 aliphatic heterocycles. The highest BCUT2D eigenvalue weighted by molar-refractivity contribution is 8.03. The first kappa shape index (κ1) is 21.8. The zero-order valence-corrected chi connectivity index (χ0v) is 14.8. The van der Waals surface area contributed by atoms with Crippen molar-refractivity contribution in [2.24, 2.45) is 0 Å². The van der Waals surface area contributed by atoms with Gasteiger partial charge in [0.05, 0.1) is 13.2 Å². The van der Waals surface area contributed by atoms with Gasteiger partial charge in [0.1, 0.15) is 0 Å². The Morgan fingerprint density at radius 2 is 1.09 bits per heavy atom. The number of hydrogen-bond donors (Lipinski definition) is 0. The van der Waals surface area contributed by atoms with Crippen LogP contribution in [0.5, 0.6) is 0 Å². The summed E-state index contributed by atoms with van der Waals surface area (Å²) in [6, 6.07) is 0. The standard InChI is InChI=1S/C11H20O10S2/c1-5-18-10(12)8(3)20-22(14,15)7-23(16,17)21-9(4)11(13)19-6-2/h8-9H,5-7H2,1-4H3. The molecule has 0 aliphatic carbocycles. The second kappa shape index (κ2) is 9.15. The summed E-state index contributed by atoms with van der Waals surface area (Å²) in [5.41, 5.74) is 0. The molecule has 0 aromatic rings. The molecular formula is C11H20O10S2. The van der Waals surface area contributed by atoms with E-state index in [1.807, 2.05) is 0 Å². The van der Waals surface area contributed by atoms with E-state index >= 15 is 0 Å². The van der Waals surface area contributed by atoms with E-state index in [-0.39, 0.29) is 13.2 Å². The zero-order valence-electron chi connectivity index (χ0n) is 13.2. The number of carbonyl (C=O) groups is 2. The van der Waals surface area contributed by atoms with Crippen molar-refractivity contribution in [2.45, 2.75) is 39.9 Å². The molecule has 0 amide bonds. The molecule has 0 aromatic carbocycles. The molecule has 0 radical (unpaired) electrons. The maximum atomic E-state index is 11.6. The van der Waals surface area contributed by atoms with E-state index in [4.69, 9.17) is 0 Å². The van der Waals surface area contributed by atoms with Crippen molar-refractivity contribution in [3.05, 3.63) is 0 Å². The Hall–Kier alpha value is -1.24. The summed E-state index contributed by atoms with van der Waals surface area (Å²) in [7, 11) is -9.30. The second-order valence-electron chi connectivity index (χ2n) is 4.21. The van der Waals surface area contributed by atoms with E-state index in [1.165, 1.54) is 13.8 Å². The Bertz CT molecular complexity index is 553. The van der Waals surface area contributed by atoms with Crippen LogP contribution in [0.25, 0.3) is 0 Å². The lowest BCUT2D eigenvalue weighted by molar-refractivity contribution is -0.150. The summed E-state index contributed by atoms with van der Waals surface area (Å²) < 4.78 is 64.4. The van der Waals surface area contributed by atoms with Gasteiger partial charge < -0.3 is 9.47 Å². The molecule has 0 spiro atoms. The molecule has 2 unspecified atom stereocenters. The van der Waals surface area contributed by atoms with Crippen molar-refractivity contribution in [3.63, 3.8) is 0 Å². The van der Waals surface area contributed by atoms with E-state index in [2.05, 4.69) is 17.8 Å². The number of carbonyl (C=O) groups excluding carboxylic acids is 2. The van der Waals surface area contributed by atoms with Crippen LogP contribution < -0.4 is 0 Å². The quantitative estimate of drug-likeness (QED) is 0.363. The minimum atomic E-state index is -4.65. The summed E-state index contributed by atoms with van der Waals surface area (Å²) in [5, 5.41) is -1.56. The molecule has 0 fully saturated rings. The highest BCUT2D eigenvalue weighted by Crippen LogP contribution is 2.10. The Labute approximate surface area is 135 Å². The Balaban J connectivity index is 4.81. The molecule has 23 heavy (non-hydrogen) atoms. The molecular weight excluding hydrogens is 356 g/mol.